The monoisotopic (exact) mass is 397 g/mol. The minimum Gasteiger partial charge on any atom is -0.325 e. The quantitative estimate of drug-likeness (QED) is 0.586. The van der Waals surface area contributed by atoms with Crippen molar-refractivity contribution >= 4 is 45.0 Å². The largest absolute Gasteiger partial charge is 0.325 e. The Bertz CT molecular complexity index is 1050. The van der Waals surface area contributed by atoms with Crippen LogP contribution in [0.15, 0.2) is 41.7 Å². The molecule has 6 heteroatoms. The molecule has 0 amide bonds. The second-order valence-corrected chi connectivity index (χ2v) is 8.74. The number of benzene rings is 1. The van der Waals surface area contributed by atoms with Gasteiger partial charge in [0.1, 0.15) is 4.83 Å². The van der Waals surface area contributed by atoms with Crippen LogP contribution in [-0.2, 0) is 25.1 Å². The number of allylic oxidation sites excluding steroid dienone is 1. The van der Waals surface area contributed by atoms with Crippen LogP contribution < -0.4 is 10.9 Å². The number of rotatable bonds is 6. The summed E-state index contributed by atoms with van der Waals surface area (Å²) in [4.78, 5) is 20.3. The van der Waals surface area contributed by atoms with Gasteiger partial charge in [0, 0.05) is 22.9 Å². The highest BCUT2D eigenvalue weighted by Gasteiger charge is 2.21. The highest BCUT2D eigenvalue weighted by Crippen LogP contribution is 2.34. The van der Waals surface area contributed by atoms with E-state index in [2.05, 4.69) is 30.3 Å². The molecule has 1 aromatic carbocycles. The lowest BCUT2D eigenvalue weighted by Gasteiger charge is -2.14. The molecule has 0 unspecified atom stereocenters. The average molecular weight is 398 g/mol. The van der Waals surface area contributed by atoms with Crippen LogP contribution in [0.1, 0.15) is 28.8 Å². The second-order valence-electron chi connectivity index (χ2n) is 6.79. The molecule has 0 saturated heterocycles. The van der Waals surface area contributed by atoms with Crippen molar-refractivity contribution in [2.75, 3.05) is 11.6 Å². The maximum atomic E-state index is 13.3. The molecule has 0 radical (unpaired) electrons. The van der Waals surface area contributed by atoms with E-state index in [1.165, 1.54) is 22.4 Å². The zero-order valence-corrected chi connectivity index (χ0v) is 17.1. The van der Waals surface area contributed by atoms with Gasteiger partial charge in [0.2, 0.25) is 5.95 Å². The molecule has 0 bridgehead atoms. The molecule has 27 heavy (non-hydrogen) atoms. The van der Waals surface area contributed by atoms with E-state index in [0.29, 0.717) is 12.5 Å². The molecule has 4 nitrogen and oxygen atoms in total. The topological polar surface area (TPSA) is 46.9 Å². The van der Waals surface area contributed by atoms with Crippen LogP contribution in [0.25, 0.3) is 10.2 Å². The molecule has 0 aliphatic heterocycles. The molecule has 0 saturated carbocycles. The number of thioether (sulfide) groups is 1. The normalized spacial score (nSPS) is 13.5. The summed E-state index contributed by atoms with van der Waals surface area (Å²) in [5, 5.41) is 4.19. The van der Waals surface area contributed by atoms with Crippen molar-refractivity contribution in [2.24, 2.45) is 0 Å². The highest BCUT2D eigenvalue weighted by molar-refractivity contribution is 7.97. The summed E-state index contributed by atoms with van der Waals surface area (Å²) in [6, 6.07) is 8.27. The molecule has 1 aliphatic carbocycles. The zero-order valence-electron chi connectivity index (χ0n) is 15.5. The first-order valence-electron chi connectivity index (χ1n) is 9.22. The zero-order chi connectivity index (χ0) is 18.8. The number of nitrogens with zero attached hydrogens (tertiary/aromatic N) is 2. The summed E-state index contributed by atoms with van der Waals surface area (Å²) in [6.45, 7) is 4.27. The lowest BCUT2D eigenvalue weighted by atomic mass is 9.97. The number of hydrogen-bond acceptors (Lipinski definition) is 5. The SMILES string of the molecule is C=CCn1c(Nc2cccc(CSC)c2)nc2sc3c(c2c1=O)CCCC3. The van der Waals surface area contributed by atoms with E-state index in [1.54, 1.807) is 33.7 Å². The first-order valence-corrected chi connectivity index (χ1v) is 11.4. The van der Waals surface area contributed by atoms with Crippen LogP contribution in [0, 0.1) is 0 Å². The molecule has 0 spiro atoms. The van der Waals surface area contributed by atoms with Gasteiger partial charge in [-0.25, -0.2) is 4.98 Å². The fourth-order valence-corrected chi connectivity index (χ4v) is 5.43. The Labute approximate surface area is 167 Å². The van der Waals surface area contributed by atoms with E-state index in [0.717, 1.165) is 40.9 Å². The average Bonchev–Trinajstić information content (AvgIpc) is 3.04. The maximum Gasteiger partial charge on any atom is 0.264 e. The number of thiophene rings is 1. The predicted octanol–water partition coefficient (Wildman–Crippen LogP) is 5.13. The van der Waals surface area contributed by atoms with E-state index < -0.39 is 0 Å². The molecule has 1 N–H and O–H groups in total. The Hall–Kier alpha value is -2.05. The van der Waals surface area contributed by atoms with Gasteiger partial charge in [-0.05, 0) is 55.2 Å². The summed E-state index contributed by atoms with van der Waals surface area (Å²) in [6.07, 6.45) is 8.26. The number of fused-ring (bicyclic) bond motifs is 3. The molecule has 0 fully saturated rings. The van der Waals surface area contributed by atoms with Gasteiger partial charge in [0.15, 0.2) is 0 Å². The third kappa shape index (κ3) is 3.56. The Kier molecular flexibility index (Phi) is 5.36. The summed E-state index contributed by atoms with van der Waals surface area (Å²) in [5.74, 6) is 1.55. The van der Waals surface area contributed by atoms with Gasteiger partial charge >= 0.3 is 0 Å². The highest BCUT2D eigenvalue weighted by atomic mass is 32.2. The van der Waals surface area contributed by atoms with Gasteiger partial charge in [0.25, 0.3) is 5.56 Å². The molecule has 4 rings (SSSR count). The van der Waals surface area contributed by atoms with Crippen molar-refractivity contribution in [3.8, 4) is 0 Å². The molecule has 140 valence electrons. The standard InChI is InChI=1S/C21H23N3OS2/c1-3-11-24-20(25)18-16-9-4-5-10-17(16)27-19(18)23-21(24)22-15-8-6-7-14(12-15)13-26-2/h3,6-8,12H,1,4-5,9-11,13H2,2H3,(H,22,23). The van der Waals surface area contributed by atoms with E-state index in [-0.39, 0.29) is 5.56 Å². The van der Waals surface area contributed by atoms with Gasteiger partial charge in [-0.15, -0.1) is 17.9 Å². The van der Waals surface area contributed by atoms with Gasteiger partial charge in [-0.2, -0.15) is 11.8 Å². The van der Waals surface area contributed by atoms with E-state index >= 15 is 0 Å². The summed E-state index contributed by atoms with van der Waals surface area (Å²) in [7, 11) is 0. The molecule has 2 heterocycles. The molecular weight excluding hydrogens is 374 g/mol. The molecule has 0 atom stereocenters. The number of hydrogen-bond donors (Lipinski definition) is 1. The fraction of sp³-hybridized carbons (Fsp3) is 0.333. The van der Waals surface area contributed by atoms with E-state index in [1.807, 2.05) is 12.1 Å². The van der Waals surface area contributed by atoms with Crippen LogP contribution >= 0.6 is 23.1 Å². The summed E-state index contributed by atoms with van der Waals surface area (Å²) in [5.41, 5.74) is 3.47. The van der Waals surface area contributed by atoms with Gasteiger partial charge < -0.3 is 5.32 Å². The Morgan fingerprint density at radius 3 is 3.04 bits per heavy atom. The van der Waals surface area contributed by atoms with E-state index in [4.69, 9.17) is 4.98 Å². The number of aryl methyl sites for hydroxylation is 2. The maximum absolute atomic E-state index is 13.3. The lowest BCUT2D eigenvalue weighted by Crippen LogP contribution is -2.24. The van der Waals surface area contributed by atoms with Gasteiger partial charge in [-0.1, -0.05) is 18.2 Å². The third-order valence-electron chi connectivity index (χ3n) is 4.88. The van der Waals surface area contributed by atoms with Crippen LogP contribution in [0.2, 0.25) is 0 Å². The first kappa shape index (κ1) is 18.3. The minimum atomic E-state index is 0.0436. The first-order chi connectivity index (χ1) is 13.2. The Balaban J connectivity index is 1.82. The number of anilines is 2. The second kappa shape index (κ2) is 7.90. The van der Waals surface area contributed by atoms with Gasteiger partial charge in [-0.3, -0.25) is 9.36 Å². The van der Waals surface area contributed by atoms with Crippen LogP contribution in [0.4, 0.5) is 11.6 Å². The van der Waals surface area contributed by atoms with Gasteiger partial charge in [0.05, 0.1) is 5.39 Å². The molecule has 3 aromatic rings. The van der Waals surface area contributed by atoms with Crippen molar-refractivity contribution in [3.05, 3.63) is 63.3 Å². The van der Waals surface area contributed by atoms with Crippen molar-refractivity contribution in [1.29, 1.82) is 0 Å². The van der Waals surface area contributed by atoms with Crippen LogP contribution in [0.3, 0.4) is 0 Å². The fourth-order valence-electron chi connectivity index (χ4n) is 3.67. The third-order valence-corrected chi connectivity index (χ3v) is 6.69. The van der Waals surface area contributed by atoms with E-state index in [9.17, 15) is 4.79 Å². The minimum absolute atomic E-state index is 0.0436. The number of aromatic nitrogens is 2. The Morgan fingerprint density at radius 2 is 2.22 bits per heavy atom. The Morgan fingerprint density at radius 1 is 1.37 bits per heavy atom. The van der Waals surface area contributed by atoms with Crippen molar-refractivity contribution in [3.63, 3.8) is 0 Å². The smallest absolute Gasteiger partial charge is 0.264 e. The predicted molar refractivity (Wildman–Crippen MR) is 118 cm³/mol. The number of nitrogens with one attached hydrogen (secondary N) is 1. The molecular formula is C21H23N3OS2. The summed E-state index contributed by atoms with van der Waals surface area (Å²) >= 11 is 3.47. The van der Waals surface area contributed by atoms with Crippen molar-refractivity contribution in [1.82, 2.24) is 9.55 Å². The van der Waals surface area contributed by atoms with Crippen molar-refractivity contribution in [2.45, 2.75) is 38.0 Å². The van der Waals surface area contributed by atoms with Crippen LogP contribution in [-0.4, -0.2) is 15.8 Å². The van der Waals surface area contributed by atoms with Crippen molar-refractivity contribution < 1.29 is 0 Å². The van der Waals surface area contributed by atoms with Crippen LogP contribution in [0.5, 0.6) is 0 Å². The molecule has 1 aliphatic rings. The summed E-state index contributed by atoms with van der Waals surface area (Å²) < 4.78 is 1.71. The lowest BCUT2D eigenvalue weighted by molar-refractivity contribution is 0.698. The molecule has 2 aromatic heterocycles.